The third-order valence-electron chi connectivity index (χ3n) is 10.2. The van der Waals surface area contributed by atoms with E-state index >= 15 is 0 Å². The molecule has 6 rings (SSSR count). The SMILES string of the molecule is CC1(C)OB(c2ccc3c(c2)N(C2CC(N4CCCCC4)C2)C(=O)C32CCN(C(=O)O)CC2)OC1(C)C. The van der Waals surface area contributed by atoms with Crippen molar-refractivity contribution in [3.05, 3.63) is 23.8 Å². The second-order valence-corrected chi connectivity index (χ2v) is 12.8. The van der Waals surface area contributed by atoms with Crippen molar-refractivity contribution in [1.82, 2.24) is 9.80 Å². The van der Waals surface area contributed by atoms with E-state index in [1.807, 2.05) is 6.07 Å². The van der Waals surface area contributed by atoms with Gasteiger partial charge in [-0.05, 0) is 96.4 Å². The molecule has 1 aromatic rings. The van der Waals surface area contributed by atoms with Crippen molar-refractivity contribution >= 4 is 30.3 Å². The average molecular weight is 509 g/mol. The highest BCUT2D eigenvalue weighted by molar-refractivity contribution is 6.62. The van der Waals surface area contributed by atoms with E-state index < -0.39 is 29.8 Å². The molecule has 1 spiro atoms. The van der Waals surface area contributed by atoms with Crippen LogP contribution in [-0.4, -0.2) is 83.5 Å². The Labute approximate surface area is 220 Å². The zero-order chi connectivity index (χ0) is 26.2. The fraction of sp³-hybridized carbons (Fsp3) is 0.714. The molecule has 0 unspecified atom stereocenters. The molecular formula is C28H40BN3O5. The number of carbonyl (C=O) groups is 2. The summed E-state index contributed by atoms with van der Waals surface area (Å²) in [5.41, 5.74) is 1.43. The molecule has 1 N–H and O–H groups in total. The zero-order valence-electron chi connectivity index (χ0n) is 22.7. The molecule has 1 aromatic carbocycles. The van der Waals surface area contributed by atoms with Crippen molar-refractivity contribution in [1.29, 1.82) is 0 Å². The number of fused-ring (bicyclic) bond motifs is 2. The highest BCUT2D eigenvalue weighted by Crippen LogP contribution is 2.51. The number of amides is 2. The first kappa shape index (κ1) is 25.2. The summed E-state index contributed by atoms with van der Waals surface area (Å²) in [6, 6.07) is 6.98. The lowest BCUT2D eigenvalue weighted by Crippen LogP contribution is -2.58. The summed E-state index contributed by atoms with van der Waals surface area (Å²) >= 11 is 0. The number of carboxylic acid groups (broad SMARTS) is 1. The van der Waals surface area contributed by atoms with Crippen LogP contribution in [0.3, 0.4) is 0 Å². The van der Waals surface area contributed by atoms with Crippen molar-refractivity contribution in [3.8, 4) is 0 Å². The Morgan fingerprint density at radius 2 is 1.57 bits per heavy atom. The minimum Gasteiger partial charge on any atom is -0.465 e. The maximum Gasteiger partial charge on any atom is 0.494 e. The minimum atomic E-state index is -0.906. The summed E-state index contributed by atoms with van der Waals surface area (Å²) in [5, 5.41) is 9.51. The van der Waals surface area contributed by atoms with E-state index in [2.05, 4.69) is 49.6 Å². The van der Waals surface area contributed by atoms with E-state index in [0.717, 1.165) is 29.6 Å². The number of hydrogen-bond acceptors (Lipinski definition) is 5. The van der Waals surface area contributed by atoms with Crippen molar-refractivity contribution in [2.75, 3.05) is 31.1 Å². The number of likely N-dealkylation sites (tertiary alicyclic amines) is 2. The quantitative estimate of drug-likeness (QED) is 0.630. The number of benzene rings is 1. The number of nitrogens with zero attached hydrogens (tertiary/aromatic N) is 3. The molecule has 4 heterocycles. The second-order valence-electron chi connectivity index (χ2n) is 12.8. The lowest BCUT2D eigenvalue weighted by atomic mass is 9.72. The first-order valence-corrected chi connectivity index (χ1v) is 14.1. The van der Waals surface area contributed by atoms with Crippen LogP contribution in [0.5, 0.6) is 0 Å². The van der Waals surface area contributed by atoms with E-state index in [1.165, 1.54) is 37.3 Å². The summed E-state index contributed by atoms with van der Waals surface area (Å²) in [4.78, 5) is 32.0. The second kappa shape index (κ2) is 8.71. The van der Waals surface area contributed by atoms with Gasteiger partial charge in [-0.3, -0.25) is 4.79 Å². The Morgan fingerprint density at radius 3 is 2.16 bits per heavy atom. The van der Waals surface area contributed by atoms with Crippen LogP contribution in [0.2, 0.25) is 0 Å². The van der Waals surface area contributed by atoms with Gasteiger partial charge in [-0.2, -0.15) is 0 Å². The average Bonchev–Trinajstić information content (AvgIpc) is 3.20. The molecule has 200 valence electrons. The number of hydrogen-bond donors (Lipinski definition) is 1. The van der Waals surface area contributed by atoms with Crippen LogP contribution in [0.15, 0.2) is 18.2 Å². The largest absolute Gasteiger partial charge is 0.494 e. The van der Waals surface area contributed by atoms with Gasteiger partial charge in [0.1, 0.15) is 0 Å². The van der Waals surface area contributed by atoms with Gasteiger partial charge in [0.2, 0.25) is 5.91 Å². The van der Waals surface area contributed by atoms with E-state index in [4.69, 9.17) is 9.31 Å². The molecule has 8 nitrogen and oxygen atoms in total. The van der Waals surface area contributed by atoms with Gasteiger partial charge in [0, 0.05) is 30.9 Å². The van der Waals surface area contributed by atoms with Crippen LogP contribution in [0.25, 0.3) is 0 Å². The Hall–Kier alpha value is -2.10. The number of carbonyl (C=O) groups excluding carboxylic acids is 1. The van der Waals surface area contributed by atoms with E-state index in [9.17, 15) is 14.7 Å². The summed E-state index contributed by atoms with van der Waals surface area (Å²) in [5.74, 6) is 0.153. The topological polar surface area (TPSA) is 82.6 Å². The third-order valence-corrected chi connectivity index (χ3v) is 10.2. The normalized spacial score (nSPS) is 30.5. The summed E-state index contributed by atoms with van der Waals surface area (Å²) in [6.45, 7) is 11.3. The molecule has 4 aliphatic heterocycles. The van der Waals surface area contributed by atoms with Crippen LogP contribution in [0.1, 0.15) is 78.2 Å². The van der Waals surface area contributed by atoms with Gasteiger partial charge in [0.15, 0.2) is 0 Å². The van der Waals surface area contributed by atoms with Gasteiger partial charge in [-0.1, -0.05) is 18.6 Å². The van der Waals surface area contributed by atoms with Crippen LogP contribution in [-0.2, 0) is 19.5 Å². The summed E-state index contributed by atoms with van der Waals surface area (Å²) < 4.78 is 12.7. The number of anilines is 1. The Bertz CT molecular complexity index is 1070. The lowest BCUT2D eigenvalue weighted by molar-refractivity contribution is -0.125. The van der Waals surface area contributed by atoms with Gasteiger partial charge in [0.25, 0.3) is 0 Å². The van der Waals surface area contributed by atoms with Gasteiger partial charge in [0.05, 0.1) is 16.6 Å². The molecule has 2 amide bonds. The van der Waals surface area contributed by atoms with Crippen LogP contribution < -0.4 is 10.4 Å². The van der Waals surface area contributed by atoms with Crippen molar-refractivity contribution in [2.45, 2.75) is 101 Å². The van der Waals surface area contributed by atoms with Crippen LogP contribution >= 0.6 is 0 Å². The van der Waals surface area contributed by atoms with Gasteiger partial charge < -0.3 is 29.1 Å². The van der Waals surface area contributed by atoms with Crippen LogP contribution in [0.4, 0.5) is 10.5 Å². The molecule has 0 radical (unpaired) electrons. The van der Waals surface area contributed by atoms with Gasteiger partial charge in [-0.25, -0.2) is 4.79 Å². The van der Waals surface area contributed by atoms with Crippen molar-refractivity contribution in [3.63, 3.8) is 0 Å². The highest BCUT2D eigenvalue weighted by Gasteiger charge is 2.57. The molecule has 4 fully saturated rings. The fourth-order valence-corrected chi connectivity index (χ4v) is 7.01. The number of rotatable bonds is 3. The third kappa shape index (κ3) is 3.91. The highest BCUT2D eigenvalue weighted by atomic mass is 16.7. The molecule has 37 heavy (non-hydrogen) atoms. The fourth-order valence-electron chi connectivity index (χ4n) is 7.01. The predicted octanol–water partition coefficient (Wildman–Crippen LogP) is 3.36. The summed E-state index contributed by atoms with van der Waals surface area (Å²) in [6.07, 6.45) is 6.02. The Kier molecular flexibility index (Phi) is 5.93. The molecule has 1 aliphatic carbocycles. The lowest BCUT2D eigenvalue weighted by Gasteiger charge is -2.48. The van der Waals surface area contributed by atoms with Crippen molar-refractivity contribution < 1.29 is 24.0 Å². The first-order chi connectivity index (χ1) is 17.5. The monoisotopic (exact) mass is 509 g/mol. The molecular weight excluding hydrogens is 469 g/mol. The van der Waals surface area contributed by atoms with Crippen molar-refractivity contribution in [2.24, 2.45) is 0 Å². The standard InChI is InChI=1S/C28H40BN3O5/c1-26(2)27(3,4)37-29(36-26)19-8-9-22-23(16-19)32(21-17-20(18-21)30-12-6-5-7-13-30)24(33)28(22)10-14-31(15-11-28)25(34)35/h8-9,16,20-21H,5-7,10-15,17-18H2,1-4H3,(H,34,35). The van der Waals surface area contributed by atoms with Gasteiger partial charge in [-0.15, -0.1) is 0 Å². The van der Waals surface area contributed by atoms with E-state index in [-0.39, 0.29) is 11.9 Å². The molecule has 5 aliphatic rings. The predicted molar refractivity (Wildman–Crippen MR) is 142 cm³/mol. The Balaban J connectivity index is 1.31. The molecule has 0 bridgehead atoms. The van der Waals surface area contributed by atoms with E-state index in [0.29, 0.717) is 32.0 Å². The zero-order valence-corrected chi connectivity index (χ0v) is 22.7. The maximum absolute atomic E-state index is 14.3. The molecule has 3 saturated heterocycles. The summed E-state index contributed by atoms with van der Waals surface area (Å²) in [7, 11) is -0.486. The maximum atomic E-state index is 14.3. The Morgan fingerprint density at radius 1 is 0.946 bits per heavy atom. The number of piperidine rings is 2. The molecule has 1 saturated carbocycles. The molecule has 0 aromatic heterocycles. The first-order valence-electron chi connectivity index (χ1n) is 14.1. The van der Waals surface area contributed by atoms with Gasteiger partial charge >= 0.3 is 13.2 Å². The minimum absolute atomic E-state index is 0.153. The van der Waals surface area contributed by atoms with Crippen LogP contribution in [0, 0.1) is 0 Å². The molecule has 9 heteroatoms. The smallest absolute Gasteiger partial charge is 0.465 e. The molecule has 0 atom stereocenters. The van der Waals surface area contributed by atoms with E-state index in [1.54, 1.807) is 0 Å².